The minimum Gasteiger partial charge on any atom is -0.478 e. The van der Waals surface area contributed by atoms with Crippen molar-refractivity contribution in [2.45, 2.75) is 6.92 Å². The number of rotatable bonds is 2. The zero-order chi connectivity index (χ0) is 10.6. The van der Waals surface area contributed by atoms with Gasteiger partial charge < -0.3 is 5.11 Å². The third kappa shape index (κ3) is 2.20. The first-order chi connectivity index (χ1) is 6.65. The molecular formula is C11H9NO2. The van der Waals surface area contributed by atoms with Gasteiger partial charge in [-0.2, -0.15) is 5.26 Å². The molecule has 1 aromatic rings. The summed E-state index contributed by atoms with van der Waals surface area (Å²) in [5.74, 6) is -0.961. The lowest BCUT2D eigenvalue weighted by atomic mass is 10.0. The predicted molar refractivity (Wildman–Crippen MR) is 52.8 cm³/mol. The third-order valence-electron chi connectivity index (χ3n) is 1.86. The summed E-state index contributed by atoms with van der Waals surface area (Å²) >= 11 is 0. The van der Waals surface area contributed by atoms with Gasteiger partial charge >= 0.3 is 5.97 Å². The van der Waals surface area contributed by atoms with Gasteiger partial charge in [0.25, 0.3) is 0 Å². The van der Waals surface area contributed by atoms with E-state index in [9.17, 15) is 4.79 Å². The summed E-state index contributed by atoms with van der Waals surface area (Å²) in [7, 11) is 0. The maximum atomic E-state index is 10.6. The van der Waals surface area contributed by atoms with Crippen LogP contribution in [0.4, 0.5) is 0 Å². The molecule has 3 nitrogen and oxygen atoms in total. The summed E-state index contributed by atoms with van der Waals surface area (Å²) in [6.45, 7) is 1.86. The van der Waals surface area contributed by atoms with Crippen molar-refractivity contribution in [3.8, 4) is 6.07 Å². The summed E-state index contributed by atoms with van der Waals surface area (Å²) in [6.07, 6.45) is 2.93. The number of carboxylic acid groups (broad SMARTS) is 1. The molecule has 1 aromatic carbocycles. The zero-order valence-corrected chi connectivity index (χ0v) is 7.69. The minimum absolute atomic E-state index is 0.230. The SMILES string of the molecule is Cc1ccc(C(=O)O)cc1C=CC#N. The fraction of sp³-hybridized carbons (Fsp3) is 0.0909. The number of nitriles is 1. The average Bonchev–Trinajstić information content (AvgIpc) is 2.16. The first kappa shape index (κ1) is 10.0. The number of allylic oxidation sites excluding steroid dienone is 1. The molecule has 0 aliphatic heterocycles. The highest BCUT2D eigenvalue weighted by atomic mass is 16.4. The van der Waals surface area contributed by atoms with Crippen LogP contribution < -0.4 is 0 Å². The largest absolute Gasteiger partial charge is 0.478 e. The first-order valence-electron chi connectivity index (χ1n) is 4.05. The van der Waals surface area contributed by atoms with Crippen LogP contribution >= 0.6 is 0 Å². The molecule has 0 saturated carbocycles. The van der Waals surface area contributed by atoms with Crippen molar-refractivity contribution < 1.29 is 9.90 Å². The highest BCUT2D eigenvalue weighted by Gasteiger charge is 2.03. The molecule has 1 rings (SSSR count). The Morgan fingerprint density at radius 3 is 2.86 bits per heavy atom. The lowest BCUT2D eigenvalue weighted by Gasteiger charge is -2.01. The smallest absolute Gasteiger partial charge is 0.335 e. The van der Waals surface area contributed by atoms with Crippen LogP contribution in [0.15, 0.2) is 24.3 Å². The molecule has 0 aliphatic carbocycles. The Kier molecular flexibility index (Phi) is 3.03. The molecule has 1 N–H and O–H groups in total. The van der Waals surface area contributed by atoms with Gasteiger partial charge in [0.2, 0.25) is 0 Å². The fourth-order valence-corrected chi connectivity index (χ4v) is 1.08. The van der Waals surface area contributed by atoms with Gasteiger partial charge in [0, 0.05) is 6.08 Å². The van der Waals surface area contributed by atoms with E-state index in [1.165, 1.54) is 6.08 Å². The van der Waals surface area contributed by atoms with E-state index in [4.69, 9.17) is 10.4 Å². The third-order valence-corrected chi connectivity index (χ3v) is 1.86. The molecule has 0 aromatic heterocycles. The summed E-state index contributed by atoms with van der Waals surface area (Å²) < 4.78 is 0. The number of hydrogen-bond donors (Lipinski definition) is 1. The van der Waals surface area contributed by atoms with E-state index in [0.717, 1.165) is 11.1 Å². The zero-order valence-electron chi connectivity index (χ0n) is 7.69. The molecule has 0 bridgehead atoms. The molecule has 14 heavy (non-hydrogen) atoms. The van der Waals surface area contributed by atoms with Crippen LogP contribution in [0.25, 0.3) is 6.08 Å². The molecule has 0 saturated heterocycles. The van der Waals surface area contributed by atoms with Crippen LogP contribution in [0.5, 0.6) is 0 Å². The number of aromatic carboxylic acids is 1. The number of carbonyl (C=O) groups is 1. The maximum absolute atomic E-state index is 10.6. The van der Waals surface area contributed by atoms with Crippen LogP contribution in [0.2, 0.25) is 0 Å². The molecule has 0 fully saturated rings. The Balaban J connectivity index is 3.16. The van der Waals surface area contributed by atoms with Crippen molar-refractivity contribution in [2.75, 3.05) is 0 Å². The summed E-state index contributed by atoms with van der Waals surface area (Å²) in [5.41, 5.74) is 1.93. The molecule has 0 spiro atoms. The molecular weight excluding hydrogens is 178 g/mol. The Bertz CT molecular complexity index is 427. The molecule has 0 aliphatic rings. The topological polar surface area (TPSA) is 61.1 Å². The molecule has 0 atom stereocenters. The van der Waals surface area contributed by atoms with Gasteiger partial charge in [-0.3, -0.25) is 0 Å². The van der Waals surface area contributed by atoms with Crippen LogP contribution in [0.3, 0.4) is 0 Å². The predicted octanol–water partition coefficient (Wildman–Crippen LogP) is 2.23. The van der Waals surface area contributed by atoms with Crippen molar-refractivity contribution >= 4 is 12.0 Å². The van der Waals surface area contributed by atoms with Crippen molar-refractivity contribution in [3.63, 3.8) is 0 Å². The van der Waals surface area contributed by atoms with Gasteiger partial charge in [0.15, 0.2) is 0 Å². The van der Waals surface area contributed by atoms with E-state index in [-0.39, 0.29) is 5.56 Å². The Morgan fingerprint density at radius 1 is 1.57 bits per heavy atom. The van der Waals surface area contributed by atoms with Crippen LogP contribution in [-0.4, -0.2) is 11.1 Å². The van der Waals surface area contributed by atoms with Gasteiger partial charge in [-0.1, -0.05) is 6.07 Å². The van der Waals surface area contributed by atoms with Crippen molar-refractivity contribution in [1.82, 2.24) is 0 Å². The summed E-state index contributed by atoms with van der Waals surface area (Å²) in [5, 5.41) is 17.1. The highest BCUT2D eigenvalue weighted by molar-refractivity contribution is 5.88. The van der Waals surface area contributed by atoms with Crippen LogP contribution in [0.1, 0.15) is 21.5 Å². The number of hydrogen-bond acceptors (Lipinski definition) is 2. The van der Waals surface area contributed by atoms with Crippen LogP contribution in [-0.2, 0) is 0 Å². The second kappa shape index (κ2) is 4.24. The number of carboxylic acids is 1. The van der Waals surface area contributed by atoms with Crippen molar-refractivity contribution in [3.05, 3.63) is 41.0 Å². The lowest BCUT2D eigenvalue weighted by molar-refractivity contribution is 0.0697. The quantitative estimate of drug-likeness (QED) is 0.722. The molecule has 0 unspecified atom stereocenters. The molecule has 0 amide bonds. The summed E-state index contributed by atoms with van der Waals surface area (Å²) in [4.78, 5) is 10.6. The number of aryl methyl sites for hydroxylation is 1. The Hall–Kier alpha value is -2.08. The van der Waals surface area contributed by atoms with E-state index < -0.39 is 5.97 Å². The van der Waals surface area contributed by atoms with Crippen molar-refractivity contribution in [2.24, 2.45) is 0 Å². The standard InChI is InChI=1S/C11H9NO2/c1-8-4-5-10(11(13)14)7-9(8)3-2-6-12/h2-5,7H,1H3,(H,13,14). The van der Waals surface area contributed by atoms with E-state index in [0.29, 0.717) is 0 Å². The number of benzene rings is 1. The second-order valence-electron chi connectivity index (χ2n) is 2.84. The Morgan fingerprint density at radius 2 is 2.29 bits per heavy atom. The van der Waals surface area contributed by atoms with Crippen molar-refractivity contribution in [1.29, 1.82) is 5.26 Å². The van der Waals surface area contributed by atoms with Gasteiger partial charge in [0.1, 0.15) is 0 Å². The van der Waals surface area contributed by atoms with Crippen LogP contribution in [0, 0.1) is 18.3 Å². The number of nitrogens with zero attached hydrogens (tertiary/aromatic N) is 1. The monoisotopic (exact) mass is 187 g/mol. The molecule has 3 heteroatoms. The van der Waals surface area contributed by atoms with E-state index in [1.54, 1.807) is 24.3 Å². The first-order valence-corrected chi connectivity index (χ1v) is 4.05. The van der Waals surface area contributed by atoms with Gasteiger partial charge in [0.05, 0.1) is 11.6 Å². The van der Waals surface area contributed by atoms with Gasteiger partial charge in [-0.25, -0.2) is 4.79 Å². The second-order valence-corrected chi connectivity index (χ2v) is 2.84. The Labute approximate surface area is 81.9 Å². The van der Waals surface area contributed by atoms with E-state index in [1.807, 2.05) is 13.0 Å². The average molecular weight is 187 g/mol. The molecule has 0 radical (unpaired) electrons. The minimum atomic E-state index is -0.961. The van der Waals surface area contributed by atoms with Gasteiger partial charge in [-0.15, -0.1) is 0 Å². The highest BCUT2D eigenvalue weighted by Crippen LogP contribution is 2.12. The summed E-state index contributed by atoms with van der Waals surface area (Å²) in [6, 6.07) is 6.68. The van der Waals surface area contributed by atoms with Gasteiger partial charge in [-0.05, 0) is 36.3 Å². The fourth-order valence-electron chi connectivity index (χ4n) is 1.08. The normalized spacial score (nSPS) is 10.0. The molecule has 0 heterocycles. The van der Waals surface area contributed by atoms with E-state index in [2.05, 4.69) is 0 Å². The lowest BCUT2D eigenvalue weighted by Crippen LogP contribution is -1.96. The van der Waals surface area contributed by atoms with E-state index >= 15 is 0 Å². The maximum Gasteiger partial charge on any atom is 0.335 e. The molecule has 70 valence electrons.